The van der Waals surface area contributed by atoms with Crippen molar-refractivity contribution in [2.75, 3.05) is 6.54 Å². The van der Waals surface area contributed by atoms with Crippen molar-refractivity contribution in [2.24, 2.45) is 11.8 Å². The lowest BCUT2D eigenvalue weighted by Crippen LogP contribution is -2.37. The smallest absolute Gasteiger partial charge is 0.241 e. The van der Waals surface area contributed by atoms with Gasteiger partial charge in [-0.15, -0.1) is 0 Å². The van der Waals surface area contributed by atoms with Gasteiger partial charge in [-0.05, 0) is 6.42 Å². The maximum absolute atomic E-state index is 12.1. The summed E-state index contributed by atoms with van der Waals surface area (Å²) in [5, 5.41) is -0.905. The third kappa shape index (κ3) is 2.01. The maximum atomic E-state index is 12.1. The molecule has 5 nitrogen and oxygen atoms in total. The summed E-state index contributed by atoms with van der Waals surface area (Å²) in [5.74, 6) is -5.44. The monoisotopic (exact) mass is 303 g/mol. The Morgan fingerprint density at radius 3 is 1.74 bits per heavy atom. The molecule has 2 aliphatic rings. The van der Waals surface area contributed by atoms with Crippen LogP contribution in [0.4, 0.5) is 0 Å². The quantitative estimate of drug-likeness (QED) is 0.581. The highest BCUT2D eigenvalue weighted by molar-refractivity contribution is 6.58. The summed E-state index contributed by atoms with van der Waals surface area (Å²) in [6.07, 6.45) is 1.41. The number of halogens is 2. The Morgan fingerprint density at radius 1 is 0.947 bits per heavy atom. The molecule has 2 atom stereocenters. The van der Waals surface area contributed by atoms with Gasteiger partial charge >= 0.3 is 0 Å². The fourth-order valence-electron chi connectivity index (χ4n) is 2.28. The zero-order valence-electron chi connectivity index (χ0n) is 10.1. The molecule has 0 aromatic rings. The van der Waals surface area contributed by atoms with Gasteiger partial charge in [-0.25, -0.2) is 0 Å². The third-order valence-electron chi connectivity index (χ3n) is 3.32. The highest BCUT2D eigenvalue weighted by atomic mass is 35.5. The number of hydrogen-bond donors (Lipinski definition) is 0. The molecule has 0 spiro atoms. The van der Waals surface area contributed by atoms with Gasteiger partial charge in [-0.3, -0.25) is 24.1 Å². The number of hydrogen-bond acceptors (Lipinski definition) is 4. The Hall–Kier alpha value is -1.20. The third-order valence-corrected chi connectivity index (χ3v) is 4.17. The molecule has 2 unspecified atom stereocenters. The van der Waals surface area contributed by atoms with Crippen LogP contribution < -0.4 is 0 Å². The van der Waals surface area contributed by atoms with Crippen LogP contribution in [0.25, 0.3) is 0 Å². The highest BCUT2D eigenvalue weighted by Gasteiger charge is 2.58. The van der Waals surface area contributed by atoms with Crippen LogP contribution in [0.15, 0.2) is 10.1 Å². The molecule has 0 radical (unpaired) electrons. The number of nitrogens with zero attached hydrogens (tertiary/aromatic N) is 1. The summed E-state index contributed by atoms with van der Waals surface area (Å²) in [4.78, 5) is 48.9. The Balaban J connectivity index is 2.39. The number of fused-ring (bicyclic) bond motifs is 1. The highest BCUT2D eigenvalue weighted by Crippen LogP contribution is 2.39. The first-order valence-electron chi connectivity index (χ1n) is 5.90. The first-order valence-corrected chi connectivity index (χ1v) is 6.66. The molecular weight excluding hydrogens is 293 g/mol. The van der Waals surface area contributed by atoms with E-state index in [-0.39, 0.29) is 6.54 Å². The summed E-state index contributed by atoms with van der Waals surface area (Å²) in [7, 11) is 0. The van der Waals surface area contributed by atoms with E-state index in [9.17, 15) is 19.2 Å². The first kappa shape index (κ1) is 14.2. The molecule has 0 aromatic carbocycles. The Labute approximate surface area is 119 Å². The predicted molar refractivity (Wildman–Crippen MR) is 67.4 cm³/mol. The molecule has 0 N–H and O–H groups in total. The van der Waals surface area contributed by atoms with Crippen molar-refractivity contribution >= 4 is 46.6 Å². The molecule has 1 aliphatic carbocycles. The molecule has 19 heavy (non-hydrogen) atoms. The van der Waals surface area contributed by atoms with Crippen LogP contribution in [0.5, 0.6) is 0 Å². The Bertz CT molecular complexity index is 484. The molecule has 2 amide bonds. The van der Waals surface area contributed by atoms with E-state index in [1.807, 2.05) is 6.92 Å². The SMILES string of the molecule is CCCCN1C(=O)C2C(=O)C(Cl)=C(Cl)C(=O)C2C1=O. The summed E-state index contributed by atoms with van der Waals surface area (Å²) >= 11 is 11.3. The average molecular weight is 304 g/mol. The van der Waals surface area contributed by atoms with Crippen molar-refractivity contribution in [3.63, 3.8) is 0 Å². The summed E-state index contributed by atoms with van der Waals surface area (Å²) in [6.45, 7) is 2.11. The molecule has 7 heteroatoms. The first-order chi connectivity index (χ1) is 8.91. The number of imide groups is 1. The second kappa shape index (κ2) is 5.06. The Kier molecular flexibility index (Phi) is 3.78. The second-order valence-corrected chi connectivity index (χ2v) is 5.25. The predicted octanol–water partition coefficient (Wildman–Crippen LogP) is 1.23. The molecular formula is C12H11Cl2NO4. The number of ketones is 2. The van der Waals surface area contributed by atoms with Crippen LogP contribution in [0.3, 0.4) is 0 Å². The fraction of sp³-hybridized carbons (Fsp3) is 0.500. The summed E-state index contributed by atoms with van der Waals surface area (Å²) in [5.41, 5.74) is 0. The van der Waals surface area contributed by atoms with Crippen LogP contribution in [0.2, 0.25) is 0 Å². The summed E-state index contributed by atoms with van der Waals surface area (Å²) < 4.78 is 0. The zero-order chi connectivity index (χ0) is 14.3. The molecule has 1 saturated heterocycles. The minimum Gasteiger partial charge on any atom is -0.292 e. The molecule has 1 fully saturated rings. The van der Waals surface area contributed by atoms with E-state index in [1.54, 1.807) is 0 Å². The van der Waals surface area contributed by atoms with E-state index in [0.29, 0.717) is 6.42 Å². The average Bonchev–Trinajstić information content (AvgIpc) is 2.63. The molecule has 2 rings (SSSR count). The number of carbonyl (C=O) groups excluding carboxylic acids is 4. The lowest BCUT2D eigenvalue weighted by Gasteiger charge is -2.18. The molecule has 0 aromatic heterocycles. The van der Waals surface area contributed by atoms with E-state index in [4.69, 9.17) is 23.2 Å². The second-order valence-electron chi connectivity index (χ2n) is 4.49. The van der Waals surface area contributed by atoms with Crippen molar-refractivity contribution in [1.29, 1.82) is 0 Å². The van der Waals surface area contributed by atoms with Crippen LogP contribution in [-0.4, -0.2) is 34.8 Å². The minimum absolute atomic E-state index is 0.205. The minimum atomic E-state index is -1.33. The van der Waals surface area contributed by atoms with Crippen molar-refractivity contribution in [3.05, 3.63) is 10.1 Å². The van der Waals surface area contributed by atoms with Gasteiger partial charge in [0.25, 0.3) is 0 Å². The Morgan fingerprint density at radius 2 is 1.37 bits per heavy atom. The van der Waals surface area contributed by atoms with E-state index in [2.05, 4.69) is 0 Å². The molecule has 1 heterocycles. The van der Waals surface area contributed by atoms with E-state index >= 15 is 0 Å². The van der Waals surface area contributed by atoms with Crippen molar-refractivity contribution in [3.8, 4) is 0 Å². The van der Waals surface area contributed by atoms with Crippen molar-refractivity contribution < 1.29 is 19.2 Å². The number of carbonyl (C=O) groups is 4. The van der Waals surface area contributed by atoms with Gasteiger partial charge in [0.1, 0.15) is 21.9 Å². The fourth-order valence-corrected chi connectivity index (χ4v) is 2.70. The topological polar surface area (TPSA) is 71.5 Å². The molecule has 0 bridgehead atoms. The van der Waals surface area contributed by atoms with Gasteiger partial charge in [0.2, 0.25) is 11.8 Å². The van der Waals surface area contributed by atoms with Crippen LogP contribution >= 0.6 is 23.2 Å². The van der Waals surface area contributed by atoms with Crippen molar-refractivity contribution in [1.82, 2.24) is 4.90 Å². The van der Waals surface area contributed by atoms with Crippen LogP contribution in [0.1, 0.15) is 19.8 Å². The van der Waals surface area contributed by atoms with Crippen LogP contribution in [0, 0.1) is 11.8 Å². The zero-order valence-corrected chi connectivity index (χ0v) is 11.6. The standard InChI is InChI=1S/C12H11Cl2NO4/c1-2-3-4-15-11(18)5-6(12(15)19)10(17)8(14)7(13)9(5)16/h5-6H,2-4H2,1H3. The number of allylic oxidation sites excluding steroid dienone is 2. The van der Waals surface area contributed by atoms with Gasteiger partial charge in [0.15, 0.2) is 11.6 Å². The number of rotatable bonds is 3. The lowest BCUT2D eigenvalue weighted by molar-refractivity contribution is -0.140. The maximum Gasteiger partial charge on any atom is 0.241 e. The van der Waals surface area contributed by atoms with Crippen LogP contribution in [-0.2, 0) is 19.2 Å². The normalized spacial score (nSPS) is 27.4. The van der Waals surface area contributed by atoms with Gasteiger partial charge < -0.3 is 0 Å². The molecule has 0 saturated carbocycles. The number of unbranched alkanes of at least 4 members (excludes halogenated alkanes) is 1. The lowest BCUT2D eigenvalue weighted by atomic mass is 9.83. The summed E-state index contributed by atoms with van der Waals surface area (Å²) in [6, 6.07) is 0. The van der Waals surface area contributed by atoms with Crippen molar-refractivity contribution in [2.45, 2.75) is 19.8 Å². The molecule has 1 aliphatic heterocycles. The largest absolute Gasteiger partial charge is 0.292 e. The number of Topliss-reactive ketones (excluding diaryl/α,β-unsaturated/α-hetero) is 2. The van der Waals surface area contributed by atoms with Gasteiger partial charge in [-0.2, -0.15) is 0 Å². The van der Waals surface area contributed by atoms with E-state index in [0.717, 1.165) is 11.3 Å². The number of likely N-dealkylation sites (tertiary alicyclic amines) is 1. The van der Waals surface area contributed by atoms with Gasteiger partial charge in [0.05, 0.1) is 0 Å². The molecule has 102 valence electrons. The number of amides is 2. The van der Waals surface area contributed by atoms with Gasteiger partial charge in [0, 0.05) is 6.54 Å². The van der Waals surface area contributed by atoms with E-state index < -0.39 is 45.3 Å². The van der Waals surface area contributed by atoms with E-state index in [1.165, 1.54) is 0 Å². The van der Waals surface area contributed by atoms with Gasteiger partial charge in [-0.1, -0.05) is 36.5 Å².